The quantitative estimate of drug-likeness (QED) is 0.862. The fraction of sp³-hybridized carbons (Fsp3) is 0.615. The lowest BCUT2D eigenvalue weighted by Crippen LogP contribution is -2.21. The number of nitrogens with zero attached hydrogens (tertiary/aromatic N) is 1. The van der Waals surface area contributed by atoms with Gasteiger partial charge in [-0.1, -0.05) is 6.42 Å². The summed E-state index contributed by atoms with van der Waals surface area (Å²) in [6.07, 6.45) is 4.76. The number of nitrogen functional groups attached to an aromatic ring is 1. The molecular weight excluding hydrogens is 310 g/mol. The molecule has 0 bridgehead atoms. The van der Waals surface area contributed by atoms with Crippen LogP contribution in [0.25, 0.3) is 0 Å². The molecule has 1 saturated heterocycles. The maximum absolute atomic E-state index is 12.1. The zero-order valence-electron chi connectivity index (χ0n) is 11.8. The predicted octanol–water partition coefficient (Wildman–Crippen LogP) is 1.07. The fourth-order valence-electron chi connectivity index (χ4n) is 3.57. The Hall–Kier alpha value is -1.28. The van der Waals surface area contributed by atoms with Crippen molar-refractivity contribution in [1.82, 2.24) is 0 Å². The first-order valence-electron chi connectivity index (χ1n) is 6.96. The molecule has 1 saturated carbocycles. The van der Waals surface area contributed by atoms with Crippen molar-refractivity contribution in [2.24, 2.45) is 17.6 Å². The van der Waals surface area contributed by atoms with E-state index in [0.29, 0.717) is 16.8 Å². The second-order valence-electron chi connectivity index (χ2n) is 5.97. The molecule has 8 heteroatoms. The summed E-state index contributed by atoms with van der Waals surface area (Å²) >= 11 is 1.10. The van der Waals surface area contributed by atoms with Crippen LogP contribution in [0.5, 0.6) is 0 Å². The number of carbonyl (C=O) groups excluding carboxylic acids is 1. The number of primary amides is 1. The molecule has 2 aliphatic rings. The lowest BCUT2D eigenvalue weighted by Gasteiger charge is -2.19. The number of thiophene rings is 1. The third-order valence-electron chi connectivity index (χ3n) is 4.49. The highest BCUT2D eigenvalue weighted by Crippen LogP contribution is 2.46. The molecule has 116 valence electrons. The first-order chi connectivity index (χ1) is 9.79. The van der Waals surface area contributed by atoms with Gasteiger partial charge in [0, 0.05) is 19.3 Å². The van der Waals surface area contributed by atoms with E-state index in [9.17, 15) is 13.2 Å². The first-order valence-corrected chi connectivity index (χ1v) is 9.67. The van der Waals surface area contributed by atoms with Crippen LogP contribution in [0.15, 0.2) is 4.90 Å². The molecule has 0 spiro atoms. The van der Waals surface area contributed by atoms with Crippen LogP contribution in [0.3, 0.4) is 0 Å². The number of carbonyl (C=O) groups is 1. The van der Waals surface area contributed by atoms with Crippen molar-refractivity contribution in [3.8, 4) is 0 Å². The first kappa shape index (κ1) is 14.6. The molecule has 1 aromatic heterocycles. The summed E-state index contributed by atoms with van der Waals surface area (Å²) in [5.41, 5.74) is 11.2. The predicted molar refractivity (Wildman–Crippen MR) is 83.4 cm³/mol. The van der Waals surface area contributed by atoms with Gasteiger partial charge >= 0.3 is 0 Å². The molecule has 0 aromatic carbocycles. The standard InChI is InChI=1S/C13H19N3O3S2/c1-21(18,19)11-9(14)10(12(15)17)20-13(11)16-5-7-3-2-4-8(7)6-16/h7-8H,2-6,14H2,1H3,(H2,15,17). The van der Waals surface area contributed by atoms with Crippen molar-refractivity contribution in [2.45, 2.75) is 24.2 Å². The Bertz CT molecular complexity index is 684. The van der Waals surface area contributed by atoms with E-state index in [-0.39, 0.29) is 15.5 Å². The number of rotatable bonds is 3. The maximum Gasteiger partial charge on any atom is 0.261 e. The summed E-state index contributed by atoms with van der Waals surface area (Å²) in [4.78, 5) is 13.7. The van der Waals surface area contributed by atoms with Gasteiger partial charge in [-0.2, -0.15) is 0 Å². The van der Waals surface area contributed by atoms with Gasteiger partial charge in [-0.05, 0) is 24.7 Å². The van der Waals surface area contributed by atoms with Crippen LogP contribution >= 0.6 is 11.3 Å². The van der Waals surface area contributed by atoms with E-state index in [4.69, 9.17) is 11.5 Å². The summed E-state index contributed by atoms with van der Waals surface area (Å²) in [5, 5.41) is 0.582. The number of anilines is 2. The Labute approximate surface area is 128 Å². The van der Waals surface area contributed by atoms with Crippen molar-refractivity contribution in [3.63, 3.8) is 0 Å². The summed E-state index contributed by atoms with van der Waals surface area (Å²) in [7, 11) is -3.50. The van der Waals surface area contributed by atoms with Crippen molar-refractivity contribution in [3.05, 3.63) is 4.88 Å². The van der Waals surface area contributed by atoms with E-state index in [1.54, 1.807) is 0 Å². The average molecular weight is 329 g/mol. The molecule has 2 atom stereocenters. The zero-order chi connectivity index (χ0) is 15.4. The van der Waals surface area contributed by atoms with Crippen LogP contribution in [0.2, 0.25) is 0 Å². The van der Waals surface area contributed by atoms with Gasteiger partial charge in [-0.15, -0.1) is 11.3 Å². The Morgan fingerprint density at radius 2 is 1.86 bits per heavy atom. The minimum absolute atomic E-state index is 0.00191. The zero-order valence-corrected chi connectivity index (χ0v) is 13.5. The minimum Gasteiger partial charge on any atom is -0.396 e. The lowest BCUT2D eigenvalue weighted by atomic mass is 10.0. The third kappa shape index (κ3) is 2.40. The van der Waals surface area contributed by atoms with E-state index >= 15 is 0 Å². The number of hydrogen-bond donors (Lipinski definition) is 2. The number of hydrogen-bond acceptors (Lipinski definition) is 6. The molecule has 1 aliphatic carbocycles. The topological polar surface area (TPSA) is 106 Å². The van der Waals surface area contributed by atoms with Crippen LogP contribution in [-0.4, -0.2) is 33.7 Å². The summed E-state index contributed by atoms with van der Waals surface area (Å²) in [6, 6.07) is 0. The molecule has 1 aromatic rings. The van der Waals surface area contributed by atoms with E-state index in [0.717, 1.165) is 30.7 Å². The molecule has 0 radical (unpaired) electrons. The van der Waals surface area contributed by atoms with Gasteiger partial charge in [0.2, 0.25) is 0 Å². The largest absolute Gasteiger partial charge is 0.396 e. The second kappa shape index (κ2) is 4.88. The maximum atomic E-state index is 12.1. The Balaban J connectivity index is 2.06. The van der Waals surface area contributed by atoms with Gasteiger partial charge in [0.05, 0.1) is 5.69 Å². The van der Waals surface area contributed by atoms with Crippen LogP contribution in [-0.2, 0) is 9.84 Å². The van der Waals surface area contributed by atoms with Crippen molar-refractivity contribution < 1.29 is 13.2 Å². The Kier molecular flexibility index (Phi) is 3.40. The summed E-state index contributed by atoms with van der Waals surface area (Å²) in [5.74, 6) is 0.573. The van der Waals surface area contributed by atoms with Crippen LogP contribution in [0.4, 0.5) is 10.7 Å². The monoisotopic (exact) mass is 329 g/mol. The van der Waals surface area contributed by atoms with E-state index in [1.807, 2.05) is 0 Å². The highest BCUT2D eigenvalue weighted by Gasteiger charge is 2.39. The second-order valence-corrected chi connectivity index (χ2v) is 8.92. The van der Waals surface area contributed by atoms with Gasteiger partial charge < -0.3 is 16.4 Å². The molecule has 2 heterocycles. The highest BCUT2D eigenvalue weighted by molar-refractivity contribution is 7.91. The molecule has 1 amide bonds. The van der Waals surface area contributed by atoms with Crippen LogP contribution in [0.1, 0.15) is 28.9 Å². The normalized spacial score (nSPS) is 25.3. The van der Waals surface area contributed by atoms with Gasteiger partial charge in [0.15, 0.2) is 9.84 Å². The molecule has 3 rings (SSSR count). The van der Waals surface area contributed by atoms with Crippen LogP contribution < -0.4 is 16.4 Å². The van der Waals surface area contributed by atoms with Crippen molar-refractivity contribution in [1.29, 1.82) is 0 Å². The van der Waals surface area contributed by atoms with Crippen molar-refractivity contribution >= 4 is 37.8 Å². The Morgan fingerprint density at radius 1 is 1.29 bits per heavy atom. The average Bonchev–Trinajstić information content (AvgIpc) is 2.97. The van der Waals surface area contributed by atoms with Gasteiger partial charge in [-0.25, -0.2) is 8.42 Å². The molecular formula is C13H19N3O3S2. The number of amides is 1. The fourth-order valence-corrected chi connectivity index (χ4v) is 6.15. The van der Waals surface area contributed by atoms with Gasteiger partial charge in [0.25, 0.3) is 5.91 Å². The molecule has 1 aliphatic heterocycles. The van der Waals surface area contributed by atoms with E-state index in [2.05, 4.69) is 4.90 Å². The van der Waals surface area contributed by atoms with Crippen LogP contribution in [0, 0.1) is 11.8 Å². The number of nitrogens with two attached hydrogens (primary N) is 2. The highest BCUT2D eigenvalue weighted by atomic mass is 32.2. The van der Waals surface area contributed by atoms with Gasteiger partial charge in [0.1, 0.15) is 14.8 Å². The van der Waals surface area contributed by atoms with Crippen molar-refractivity contribution in [2.75, 3.05) is 30.0 Å². The van der Waals surface area contributed by atoms with E-state index in [1.165, 1.54) is 19.3 Å². The molecule has 6 nitrogen and oxygen atoms in total. The molecule has 2 unspecified atom stereocenters. The lowest BCUT2D eigenvalue weighted by molar-refractivity contribution is 0.100. The summed E-state index contributed by atoms with van der Waals surface area (Å²) in [6.45, 7) is 1.68. The summed E-state index contributed by atoms with van der Waals surface area (Å²) < 4.78 is 24.1. The molecule has 2 fully saturated rings. The van der Waals surface area contributed by atoms with E-state index < -0.39 is 15.7 Å². The molecule has 4 N–H and O–H groups in total. The van der Waals surface area contributed by atoms with Gasteiger partial charge in [-0.3, -0.25) is 4.79 Å². The molecule has 21 heavy (non-hydrogen) atoms. The third-order valence-corrected chi connectivity index (χ3v) is 7.06. The Morgan fingerprint density at radius 3 is 2.33 bits per heavy atom. The number of sulfone groups is 1. The minimum atomic E-state index is -3.50. The smallest absolute Gasteiger partial charge is 0.261 e. The number of fused-ring (bicyclic) bond motifs is 1. The SMILES string of the molecule is CS(=O)(=O)c1c(N2CC3CCCC3C2)sc(C(N)=O)c1N.